The molecule has 0 bridgehead atoms. The summed E-state index contributed by atoms with van der Waals surface area (Å²) in [4.78, 5) is 24.5. The van der Waals surface area contributed by atoms with E-state index in [4.69, 9.17) is 4.74 Å². The van der Waals surface area contributed by atoms with Gasteiger partial charge in [-0.3, -0.25) is 9.59 Å². The number of carbonyl (C=O) groups is 2. The first-order valence-electron chi connectivity index (χ1n) is 6.48. The number of aryl methyl sites for hydroxylation is 2. The van der Waals surface area contributed by atoms with Crippen molar-refractivity contribution in [3.8, 4) is 0 Å². The van der Waals surface area contributed by atoms with E-state index in [0.29, 0.717) is 19.4 Å². The van der Waals surface area contributed by atoms with Crippen molar-refractivity contribution < 1.29 is 14.3 Å². The molecule has 0 saturated heterocycles. The zero-order chi connectivity index (χ0) is 14.3. The molecule has 19 heavy (non-hydrogen) atoms. The van der Waals surface area contributed by atoms with E-state index in [1.165, 1.54) is 10.5 Å². The maximum absolute atomic E-state index is 11.8. The standard InChI is InChI=1S/C15H21NO3/c1-4-19-15(18)11-16(3)14(17)10-9-13-7-5-12(2)6-8-13/h5-8H,4,9-11H2,1-3H3. The molecule has 0 heterocycles. The predicted molar refractivity (Wildman–Crippen MR) is 73.8 cm³/mol. The molecular weight excluding hydrogens is 242 g/mol. The zero-order valence-electron chi connectivity index (χ0n) is 11.8. The summed E-state index contributed by atoms with van der Waals surface area (Å²) in [5.74, 6) is -0.415. The maximum atomic E-state index is 11.8. The highest BCUT2D eigenvalue weighted by Crippen LogP contribution is 2.06. The Morgan fingerprint density at radius 1 is 1.21 bits per heavy atom. The van der Waals surface area contributed by atoms with Gasteiger partial charge in [-0.1, -0.05) is 29.8 Å². The molecule has 104 valence electrons. The maximum Gasteiger partial charge on any atom is 0.325 e. The summed E-state index contributed by atoms with van der Waals surface area (Å²) in [5, 5.41) is 0. The van der Waals surface area contributed by atoms with Gasteiger partial charge >= 0.3 is 5.97 Å². The van der Waals surface area contributed by atoms with Crippen LogP contribution in [0.4, 0.5) is 0 Å². The van der Waals surface area contributed by atoms with Crippen LogP contribution >= 0.6 is 0 Å². The fourth-order valence-corrected chi connectivity index (χ4v) is 1.69. The topological polar surface area (TPSA) is 46.6 Å². The lowest BCUT2D eigenvalue weighted by Crippen LogP contribution is -2.33. The van der Waals surface area contributed by atoms with Crippen molar-refractivity contribution in [3.63, 3.8) is 0 Å². The lowest BCUT2D eigenvalue weighted by Gasteiger charge is -2.16. The van der Waals surface area contributed by atoms with Crippen LogP contribution in [0.15, 0.2) is 24.3 Å². The Balaban J connectivity index is 2.38. The number of hydrogen-bond acceptors (Lipinski definition) is 3. The molecule has 0 aliphatic rings. The molecule has 4 heteroatoms. The van der Waals surface area contributed by atoms with Gasteiger partial charge in [-0.25, -0.2) is 0 Å². The Morgan fingerprint density at radius 2 is 1.84 bits per heavy atom. The third-order valence-corrected chi connectivity index (χ3v) is 2.85. The molecule has 0 radical (unpaired) electrons. The van der Waals surface area contributed by atoms with E-state index >= 15 is 0 Å². The second kappa shape index (κ2) is 7.56. The summed E-state index contributed by atoms with van der Waals surface area (Å²) in [5.41, 5.74) is 2.33. The molecule has 1 amide bonds. The smallest absolute Gasteiger partial charge is 0.325 e. The Hall–Kier alpha value is -1.84. The summed E-state index contributed by atoms with van der Waals surface area (Å²) < 4.78 is 4.81. The number of likely N-dealkylation sites (N-methyl/N-ethyl adjacent to an activating group) is 1. The summed E-state index contributed by atoms with van der Waals surface area (Å²) in [6.07, 6.45) is 1.09. The minimum atomic E-state index is -0.367. The molecule has 0 saturated carbocycles. The average molecular weight is 263 g/mol. The van der Waals surface area contributed by atoms with Crippen molar-refractivity contribution in [2.45, 2.75) is 26.7 Å². The van der Waals surface area contributed by atoms with Gasteiger partial charge in [0.05, 0.1) is 6.61 Å². The minimum absolute atomic E-state index is 0.0145. The summed E-state index contributed by atoms with van der Waals surface area (Å²) in [6.45, 7) is 4.13. The van der Waals surface area contributed by atoms with Gasteiger partial charge in [0.1, 0.15) is 6.54 Å². The highest BCUT2D eigenvalue weighted by Gasteiger charge is 2.13. The van der Waals surface area contributed by atoms with E-state index in [9.17, 15) is 9.59 Å². The molecule has 0 unspecified atom stereocenters. The van der Waals surface area contributed by atoms with Crippen LogP contribution in [0.1, 0.15) is 24.5 Å². The van der Waals surface area contributed by atoms with Crippen molar-refractivity contribution in [2.75, 3.05) is 20.2 Å². The molecular formula is C15H21NO3. The van der Waals surface area contributed by atoms with Crippen LogP contribution in [0.2, 0.25) is 0 Å². The number of hydrogen-bond donors (Lipinski definition) is 0. The number of carbonyl (C=O) groups excluding carboxylic acids is 2. The highest BCUT2D eigenvalue weighted by molar-refractivity contribution is 5.81. The molecule has 1 aromatic rings. The minimum Gasteiger partial charge on any atom is -0.465 e. The highest BCUT2D eigenvalue weighted by atomic mass is 16.5. The molecule has 0 N–H and O–H groups in total. The monoisotopic (exact) mass is 263 g/mol. The van der Waals surface area contributed by atoms with Crippen LogP contribution in [0, 0.1) is 6.92 Å². The number of rotatable bonds is 6. The normalized spacial score (nSPS) is 10.1. The fourth-order valence-electron chi connectivity index (χ4n) is 1.69. The van der Waals surface area contributed by atoms with Crippen molar-refractivity contribution >= 4 is 11.9 Å². The Bertz CT molecular complexity index is 426. The Labute approximate surface area is 114 Å². The van der Waals surface area contributed by atoms with Gasteiger partial charge in [0.15, 0.2) is 0 Å². The molecule has 1 rings (SSSR count). The van der Waals surface area contributed by atoms with E-state index in [0.717, 1.165) is 5.56 Å². The van der Waals surface area contributed by atoms with Crippen LogP contribution in [-0.2, 0) is 20.7 Å². The van der Waals surface area contributed by atoms with Gasteiger partial charge in [0.2, 0.25) is 5.91 Å². The number of amides is 1. The van der Waals surface area contributed by atoms with Gasteiger partial charge in [0.25, 0.3) is 0 Å². The van der Waals surface area contributed by atoms with Gasteiger partial charge in [0, 0.05) is 13.5 Å². The first kappa shape index (κ1) is 15.2. The third kappa shape index (κ3) is 5.55. The molecule has 0 atom stereocenters. The SMILES string of the molecule is CCOC(=O)CN(C)C(=O)CCc1ccc(C)cc1. The second-order valence-corrected chi connectivity index (χ2v) is 4.54. The summed E-state index contributed by atoms with van der Waals surface area (Å²) in [6, 6.07) is 8.10. The lowest BCUT2D eigenvalue weighted by atomic mass is 10.1. The van der Waals surface area contributed by atoms with Gasteiger partial charge in [-0.15, -0.1) is 0 Å². The molecule has 0 aliphatic heterocycles. The molecule has 0 aliphatic carbocycles. The summed E-state index contributed by atoms with van der Waals surface area (Å²) >= 11 is 0. The third-order valence-electron chi connectivity index (χ3n) is 2.85. The van der Waals surface area contributed by atoms with Crippen molar-refractivity contribution in [1.82, 2.24) is 4.90 Å². The second-order valence-electron chi connectivity index (χ2n) is 4.54. The van der Waals surface area contributed by atoms with Crippen LogP contribution in [0.3, 0.4) is 0 Å². The first-order chi connectivity index (χ1) is 9.02. The van der Waals surface area contributed by atoms with Crippen LogP contribution in [0.5, 0.6) is 0 Å². The van der Waals surface area contributed by atoms with Crippen LogP contribution in [0.25, 0.3) is 0 Å². The molecule has 4 nitrogen and oxygen atoms in total. The zero-order valence-corrected chi connectivity index (χ0v) is 11.8. The molecule has 0 aromatic heterocycles. The lowest BCUT2D eigenvalue weighted by molar-refractivity contribution is -0.148. The molecule has 0 spiro atoms. The number of nitrogens with zero attached hydrogens (tertiary/aromatic N) is 1. The number of benzene rings is 1. The van der Waals surface area contributed by atoms with Gasteiger partial charge in [-0.2, -0.15) is 0 Å². The summed E-state index contributed by atoms with van der Waals surface area (Å²) in [7, 11) is 1.62. The van der Waals surface area contributed by atoms with E-state index in [-0.39, 0.29) is 18.4 Å². The molecule has 1 aromatic carbocycles. The van der Waals surface area contributed by atoms with E-state index < -0.39 is 0 Å². The van der Waals surface area contributed by atoms with E-state index in [1.807, 2.05) is 31.2 Å². The molecule has 0 fully saturated rings. The largest absolute Gasteiger partial charge is 0.465 e. The van der Waals surface area contributed by atoms with Gasteiger partial charge in [-0.05, 0) is 25.8 Å². The van der Waals surface area contributed by atoms with E-state index in [2.05, 4.69) is 0 Å². The number of esters is 1. The Kier molecular flexibility index (Phi) is 6.06. The quantitative estimate of drug-likeness (QED) is 0.737. The van der Waals surface area contributed by atoms with Crippen LogP contribution < -0.4 is 0 Å². The Morgan fingerprint density at radius 3 is 2.42 bits per heavy atom. The van der Waals surface area contributed by atoms with E-state index in [1.54, 1.807) is 14.0 Å². The van der Waals surface area contributed by atoms with Crippen molar-refractivity contribution in [1.29, 1.82) is 0 Å². The van der Waals surface area contributed by atoms with Crippen molar-refractivity contribution in [3.05, 3.63) is 35.4 Å². The predicted octanol–water partition coefficient (Wildman–Crippen LogP) is 1.95. The van der Waals surface area contributed by atoms with Gasteiger partial charge < -0.3 is 9.64 Å². The first-order valence-corrected chi connectivity index (χ1v) is 6.48. The van der Waals surface area contributed by atoms with Crippen molar-refractivity contribution in [2.24, 2.45) is 0 Å². The number of ether oxygens (including phenoxy) is 1. The van der Waals surface area contributed by atoms with Crippen LogP contribution in [-0.4, -0.2) is 37.0 Å². The fraction of sp³-hybridized carbons (Fsp3) is 0.467. The average Bonchev–Trinajstić information content (AvgIpc) is 2.37.